The number of nitrogens with one attached hydrogen (secondary N) is 6. The molecule has 1 aliphatic rings. The number of nitrogens with zero attached hydrogens (tertiary/aromatic N) is 1. The standard InChI is InChI=1S/C38H41N7O16/c1-17-28(43-25(48)14-40-33(53)20-7-6-12-39-13-20)36(56)60-18(2)29(44-26(49)15-41-34(54)21-8-4-10-23(46)31(21)51)38(58)61-19(3)30(37(57)59-17)45-27(50)16-42-35(55)22-9-5-11-24(47)32(22)52/h4-13,17-19,28-30,46-47,51-52H,14-16H2,1-3H3,(H,40,53)(H,41,54)(H,42,55)(H,43,48)(H,44,49)(H,45,50)/t17-,18-,19-,28+,29+,30+/m1/s1. The van der Waals surface area contributed by atoms with Crippen molar-refractivity contribution in [2.45, 2.75) is 57.2 Å². The second kappa shape index (κ2) is 20.6. The van der Waals surface area contributed by atoms with E-state index in [4.69, 9.17) is 14.2 Å². The maximum atomic E-state index is 13.6. The fourth-order valence-electron chi connectivity index (χ4n) is 5.45. The van der Waals surface area contributed by atoms with Crippen molar-refractivity contribution < 1.29 is 77.8 Å². The number of pyridine rings is 1. The highest BCUT2D eigenvalue weighted by Crippen LogP contribution is 2.29. The van der Waals surface area contributed by atoms with Gasteiger partial charge in [0.15, 0.2) is 41.1 Å². The van der Waals surface area contributed by atoms with Gasteiger partial charge < -0.3 is 66.5 Å². The zero-order valence-electron chi connectivity index (χ0n) is 32.5. The molecule has 10 N–H and O–H groups in total. The molecule has 6 atom stereocenters. The SMILES string of the molecule is C[C@H]1OC(=O)[C@@H](NC(=O)CNC(=O)c2cccc(O)c2O)[C@@H](C)OC(=O)[C@@H](NC(=O)CNC(=O)c2cccc(O)c2O)[C@@H](C)OC(=O)[C@H]1NC(=O)CNC(=O)c1cccnc1. The van der Waals surface area contributed by atoms with Crippen LogP contribution in [0.1, 0.15) is 51.8 Å². The molecule has 0 unspecified atom stereocenters. The van der Waals surface area contributed by atoms with E-state index in [1.54, 1.807) is 0 Å². The molecule has 23 nitrogen and oxygen atoms in total. The molecule has 0 spiro atoms. The van der Waals surface area contributed by atoms with E-state index in [0.29, 0.717) is 0 Å². The summed E-state index contributed by atoms with van der Waals surface area (Å²) in [5, 5.41) is 52.9. The molecule has 6 amide bonds. The second-order valence-electron chi connectivity index (χ2n) is 13.2. The predicted molar refractivity (Wildman–Crippen MR) is 203 cm³/mol. The van der Waals surface area contributed by atoms with Gasteiger partial charge in [-0.2, -0.15) is 0 Å². The topological polar surface area (TPSA) is 347 Å². The minimum absolute atomic E-state index is 0.105. The van der Waals surface area contributed by atoms with Crippen LogP contribution in [-0.2, 0) is 43.0 Å². The zero-order valence-corrected chi connectivity index (χ0v) is 32.5. The van der Waals surface area contributed by atoms with E-state index in [-0.39, 0.29) is 5.56 Å². The number of phenolic OH excluding ortho intramolecular Hbond substituents is 4. The van der Waals surface area contributed by atoms with Gasteiger partial charge in [-0.1, -0.05) is 12.1 Å². The molecule has 0 bridgehead atoms. The van der Waals surface area contributed by atoms with Gasteiger partial charge in [0.2, 0.25) is 17.7 Å². The number of benzene rings is 2. The summed E-state index contributed by atoms with van der Waals surface area (Å²) in [6.45, 7) is 1.08. The average molecular weight is 852 g/mol. The number of esters is 3. The number of para-hydroxylation sites is 2. The highest BCUT2D eigenvalue weighted by Gasteiger charge is 2.41. The molecular formula is C38H41N7O16. The summed E-state index contributed by atoms with van der Waals surface area (Å²) in [6, 6.07) is 4.28. The number of rotatable bonds is 12. The summed E-state index contributed by atoms with van der Waals surface area (Å²) in [5.41, 5.74) is -0.691. The number of ether oxygens (including phenoxy) is 3. The average Bonchev–Trinajstić information content (AvgIpc) is 3.22. The Labute approximate surface area is 345 Å². The first kappa shape index (κ1) is 45.7. The van der Waals surface area contributed by atoms with Gasteiger partial charge in [-0.15, -0.1) is 0 Å². The quantitative estimate of drug-likeness (QED) is 0.0523. The molecule has 324 valence electrons. The minimum atomic E-state index is -1.89. The Bertz CT molecular complexity index is 2110. The van der Waals surface area contributed by atoms with Gasteiger partial charge >= 0.3 is 17.9 Å². The first-order valence-electron chi connectivity index (χ1n) is 18.1. The van der Waals surface area contributed by atoms with Gasteiger partial charge in [-0.05, 0) is 57.2 Å². The number of aromatic hydroxyl groups is 4. The van der Waals surface area contributed by atoms with Gasteiger partial charge in [0.1, 0.15) is 18.3 Å². The van der Waals surface area contributed by atoms with Gasteiger partial charge in [-0.25, -0.2) is 14.4 Å². The van der Waals surface area contributed by atoms with Crippen LogP contribution >= 0.6 is 0 Å². The first-order chi connectivity index (χ1) is 28.9. The number of carbonyl (C=O) groups excluding carboxylic acids is 9. The molecule has 61 heavy (non-hydrogen) atoms. The van der Waals surface area contributed by atoms with E-state index in [0.717, 1.165) is 38.1 Å². The van der Waals surface area contributed by atoms with Gasteiger partial charge in [0.05, 0.1) is 36.3 Å². The third-order valence-electron chi connectivity index (χ3n) is 8.70. The minimum Gasteiger partial charge on any atom is -0.504 e. The van der Waals surface area contributed by atoms with Crippen molar-refractivity contribution in [2.24, 2.45) is 0 Å². The summed E-state index contributed by atoms with van der Waals surface area (Å²) < 4.78 is 16.3. The van der Waals surface area contributed by atoms with Crippen LogP contribution in [0.4, 0.5) is 0 Å². The Balaban J connectivity index is 1.56. The van der Waals surface area contributed by atoms with E-state index in [1.807, 2.05) is 0 Å². The van der Waals surface area contributed by atoms with Crippen molar-refractivity contribution in [3.63, 3.8) is 0 Å². The molecule has 1 aliphatic heterocycles. The number of phenols is 4. The van der Waals surface area contributed by atoms with Gasteiger partial charge in [-0.3, -0.25) is 33.8 Å². The van der Waals surface area contributed by atoms with E-state index in [2.05, 4.69) is 36.9 Å². The molecule has 2 aromatic carbocycles. The highest BCUT2D eigenvalue weighted by molar-refractivity contribution is 6.01. The lowest BCUT2D eigenvalue weighted by Gasteiger charge is -2.32. The van der Waals surface area contributed by atoms with E-state index >= 15 is 0 Å². The van der Waals surface area contributed by atoms with Crippen LogP contribution in [0.5, 0.6) is 23.0 Å². The lowest BCUT2D eigenvalue weighted by molar-refractivity contribution is -0.174. The number of hydrogen-bond donors (Lipinski definition) is 10. The lowest BCUT2D eigenvalue weighted by atomic mass is 10.1. The fourth-order valence-corrected chi connectivity index (χ4v) is 5.45. The molecule has 0 saturated carbocycles. The maximum absolute atomic E-state index is 13.6. The van der Waals surface area contributed by atoms with Gasteiger partial charge in [0, 0.05) is 12.4 Å². The highest BCUT2D eigenvalue weighted by atomic mass is 16.6. The number of amides is 6. The van der Waals surface area contributed by atoms with E-state index < -0.39 is 144 Å². The van der Waals surface area contributed by atoms with E-state index in [1.165, 1.54) is 43.6 Å². The van der Waals surface area contributed by atoms with Gasteiger partial charge in [0.25, 0.3) is 17.7 Å². The largest absolute Gasteiger partial charge is 0.504 e. The second-order valence-corrected chi connectivity index (χ2v) is 13.2. The Morgan fingerprint density at radius 3 is 1.25 bits per heavy atom. The number of cyclic esters (lactones) is 3. The van der Waals surface area contributed by atoms with Crippen molar-refractivity contribution in [1.29, 1.82) is 0 Å². The van der Waals surface area contributed by atoms with E-state index in [9.17, 15) is 63.6 Å². The smallest absolute Gasteiger partial charge is 0.332 e. The fraction of sp³-hybridized carbons (Fsp3) is 0.316. The Kier molecular flexibility index (Phi) is 15.5. The Hall–Kier alpha value is -7.98. The lowest BCUT2D eigenvalue weighted by Crippen LogP contribution is -2.59. The molecule has 2 heterocycles. The summed E-state index contributed by atoms with van der Waals surface area (Å²) in [6.07, 6.45) is -2.20. The van der Waals surface area contributed by atoms with Crippen molar-refractivity contribution in [1.82, 2.24) is 36.9 Å². The van der Waals surface area contributed by atoms with Crippen LogP contribution in [0.15, 0.2) is 60.9 Å². The Morgan fingerprint density at radius 1 is 0.541 bits per heavy atom. The summed E-state index contributed by atoms with van der Waals surface area (Å²) in [7, 11) is 0. The normalized spacial score (nSPS) is 20.4. The molecule has 4 rings (SSSR count). The first-order valence-corrected chi connectivity index (χ1v) is 18.1. The van der Waals surface area contributed by atoms with Crippen LogP contribution in [-0.4, -0.2) is 135 Å². The number of aromatic nitrogens is 1. The molecule has 23 heteroatoms. The molecule has 1 aromatic heterocycles. The molecule has 3 aromatic rings. The van der Waals surface area contributed by atoms with Crippen molar-refractivity contribution >= 4 is 53.4 Å². The zero-order chi connectivity index (χ0) is 45.0. The van der Waals surface area contributed by atoms with Crippen LogP contribution < -0.4 is 31.9 Å². The number of hydrogen-bond acceptors (Lipinski definition) is 17. The predicted octanol–water partition coefficient (Wildman–Crippen LogP) is -2.24. The Morgan fingerprint density at radius 2 is 0.902 bits per heavy atom. The molecule has 0 aliphatic carbocycles. The third-order valence-corrected chi connectivity index (χ3v) is 8.70. The molecule has 1 saturated heterocycles. The number of carbonyl (C=O) groups is 9. The van der Waals surface area contributed by atoms with Crippen LogP contribution in [0.3, 0.4) is 0 Å². The van der Waals surface area contributed by atoms with Crippen LogP contribution in [0.25, 0.3) is 0 Å². The maximum Gasteiger partial charge on any atom is 0.332 e. The molecular weight excluding hydrogens is 810 g/mol. The van der Waals surface area contributed by atoms with Crippen LogP contribution in [0, 0.1) is 0 Å². The summed E-state index contributed by atoms with van der Waals surface area (Å²) in [4.78, 5) is 122. The third kappa shape index (κ3) is 12.3. The molecule has 1 fully saturated rings. The van der Waals surface area contributed by atoms with Crippen molar-refractivity contribution in [2.75, 3.05) is 19.6 Å². The van der Waals surface area contributed by atoms with Crippen molar-refractivity contribution in [3.8, 4) is 23.0 Å². The van der Waals surface area contributed by atoms with Crippen LogP contribution in [0.2, 0.25) is 0 Å². The molecule has 0 radical (unpaired) electrons. The summed E-state index contributed by atoms with van der Waals surface area (Å²) in [5.74, 6) is -12.6. The summed E-state index contributed by atoms with van der Waals surface area (Å²) >= 11 is 0. The van der Waals surface area contributed by atoms with Crippen molar-refractivity contribution in [3.05, 3.63) is 77.6 Å². The monoisotopic (exact) mass is 851 g/mol.